The molecule has 4 nitrogen and oxygen atoms in total. The van der Waals surface area contributed by atoms with E-state index in [1.807, 2.05) is 24.3 Å². The predicted octanol–water partition coefficient (Wildman–Crippen LogP) is 3.80. The average Bonchev–Trinajstić information content (AvgIpc) is 3.08. The molecule has 0 N–H and O–H groups in total. The number of fused-ring (bicyclic) bond motifs is 3. The van der Waals surface area contributed by atoms with Crippen LogP contribution in [0.5, 0.6) is 0 Å². The summed E-state index contributed by atoms with van der Waals surface area (Å²) in [6.45, 7) is 0. The molecule has 0 aromatic heterocycles. The van der Waals surface area contributed by atoms with Crippen LogP contribution in [0.3, 0.4) is 0 Å². The van der Waals surface area contributed by atoms with Crippen molar-refractivity contribution in [2.75, 3.05) is 0 Å². The number of carbonyl (C=O) groups is 3. The Morgan fingerprint density at radius 3 is 1.84 bits per heavy atom. The minimum Gasteiger partial charge on any atom is -0.293 e. The lowest BCUT2D eigenvalue weighted by atomic mass is 9.93. The Kier molecular flexibility index (Phi) is 2.69. The van der Waals surface area contributed by atoms with E-state index in [9.17, 15) is 14.4 Å². The molecular formula is C21H11NO3. The van der Waals surface area contributed by atoms with Crippen molar-refractivity contribution in [1.82, 2.24) is 0 Å². The Bertz CT molecular complexity index is 1100. The third-order valence-corrected chi connectivity index (χ3v) is 4.84. The normalized spacial score (nSPS) is 16.3. The second-order valence-corrected chi connectivity index (χ2v) is 6.25. The van der Waals surface area contributed by atoms with Gasteiger partial charge in [-0.05, 0) is 35.0 Å². The van der Waals surface area contributed by atoms with E-state index in [4.69, 9.17) is 0 Å². The van der Waals surface area contributed by atoms with Gasteiger partial charge in [0.25, 0.3) is 0 Å². The highest BCUT2D eigenvalue weighted by Gasteiger charge is 2.46. The van der Waals surface area contributed by atoms with E-state index in [2.05, 4.69) is 4.99 Å². The molecule has 0 atom stereocenters. The monoisotopic (exact) mass is 325 g/mol. The lowest BCUT2D eigenvalue weighted by Crippen LogP contribution is -2.29. The van der Waals surface area contributed by atoms with Gasteiger partial charge in [0, 0.05) is 16.7 Å². The molecule has 1 aliphatic carbocycles. The lowest BCUT2D eigenvalue weighted by Gasteiger charge is -2.04. The van der Waals surface area contributed by atoms with Gasteiger partial charge in [0.15, 0.2) is 11.6 Å². The maximum Gasteiger partial charge on any atom is 0.210 e. The van der Waals surface area contributed by atoms with Gasteiger partial charge in [0.2, 0.25) is 5.78 Å². The zero-order chi connectivity index (χ0) is 17.1. The van der Waals surface area contributed by atoms with Crippen molar-refractivity contribution in [1.29, 1.82) is 0 Å². The third-order valence-electron chi connectivity index (χ3n) is 4.84. The first-order valence-corrected chi connectivity index (χ1v) is 7.99. The Morgan fingerprint density at radius 1 is 0.680 bits per heavy atom. The molecule has 0 unspecified atom stereocenters. The molecular weight excluding hydrogens is 314 g/mol. The van der Waals surface area contributed by atoms with Crippen LogP contribution < -0.4 is 0 Å². The van der Waals surface area contributed by atoms with Crippen molar-refractivity contribution in [2.45, 2.75) is 0 Å². The summed E-state index contributed by atoms with van der Waals surface area (Å²) < 4.78 is 0. The average molecular weight is 325 g/mol. The van der Waals surface area contributed by atoms with Crippen LogP contribution in [0.4, 0.5) is 5.69 Å². The number of benzene rings is 3. The quantitative estimate of drug-likeness (QED) is 0.639. The Hall–Kier alpha value is -3.40. The molecule has 0 spiro atoms. The van der Waals surface area contributed by atoms with Gasteiger partial charge in [-0.25, -0.2) is 4.99 Å². The fourth-order valence-corrected chi connectivity index (χ4v) is 3.60. The number of hydrogen-bond acceptors (Lipinski definition) is 4. The molecule has 0 amide bonds. The van der Waals surface area contributed by atoms with Crippen LogP contribution in [0.15, 0.2) is 65.7 Å². The zero-order valence-electron chi connectivity index (χ0n) is 13.0. The second-order valence-electron chi connectivity index (χ2n) is 6.25. The summed E-state index contributed by atoms with van der Waals surface area (Å²) in [5.74, 6) is -2.15. The topological polar surface area (TPSA) is 63.6 Å². The van der Waals surface area contributed by atoms with E-state index in [0.29, 0.717) is 22.4 Å². The summed E-state index contributed by atoms with van der Waals surface area (Å²) in [6, 6.07) is 17.9. The maximum atomic E-state index is 12.9. The molecule has 0 radical (unpaired) electrons. The standard InChI is InChI=1S/C21H11NO3/c23-19-14-9-11-5-1-2-6-12(11)10-15(14)20(24)17(19)18-21(25)13-7-3-4-8-16(13)22-18/h1-10,17H. The van der Waals surface area contributed by atoms with E-state index in [1.165, 1.54) is 0 Å². The van der Waals surface area contributed by atoms with E-state index < -0.39 is 5.92 Å². The Labute approximate surface area is 142 Å². The van der Waals surface area contributed by atoms with Crippen molar-refractivity contribution in [2.24, 2.45) is 10.9 Å². The number of para-hydroxylation sites is 1. The van der Waals surface area contributed by atoms with Crippen LogP contribution in [0.1, 0.15) is 31.1 Å². The predicted molar refractivity (Wildman–Crippen MR) is 94.0 cm³/mol. The molecule has 0 fully saturated rings. The number of rotatable bonds is 1. The fraction of sp³-hybridized carbons (Fsp3) is 0.0476. The minimum atomic E-state index is -1.13. The summed E-state index contributed by atoms with van der Waals surface area (Å²) in [5.41, 5.74) is 1.75. The maximum absolute atomic E-state index is 12.9. The minimum absolute atomic E-state index is 0.0384. The first-order valence-electron chi connectivity index (χ1n) is 7.99. The Balaban J connectivity index is 1.66. The van der Waals surface area contributed by atoms with E-state index >= 15 is 0 Å². The van der Waals surface area contributed by atoms with E-state index in [0.717, 1.165) is 10.8 Å². The number of carbonyl (C=O) groups excluding carboxylic acids is 3. The summed E-state index contributed by atoms with van der Waals surface area (Å²) >= 11 is 0. The molecule has 5 rings (SSSR count). The van der Waals surface area contributed by atoms with Gasteiger partial charge >= 0.3 is 0 Å². The molecule has 25 heavy (non-hydrogen) atoms. The van der Waals surface area contributed by atoms with Gasteiger partial charge in [-0.2, -0.15) is 0 Å². The van der Waals surface area contributed by atoms with Gasteiger partial charge in [-0.3, -0.25) is 14.4 Å². The van der Waals surface area contributed by atoms with Crippen LogP contribution in [0, 0.1) is 5.92 Å². The molecule has 1 aliphatic heterocycles. The highest BCUT2D eigenvalue weighted by Crippen LogP contribution is 2.36. The molecule has 3 aromatic rings. The van der Waals surface area contributed by atoms with Crippen molar-refractivity contribution in [3.8, 4) is 0 Å². The van der Waals surface area contributed by atoms with E-state index in [1.54, 1.807) is 36.4 Å². The largest absolute Gasteiger partial charge is 0.293 e. The van der Waals surface area contributed by atoms with Crippen LogP contribution in [0.2, 0.25) is 0 Å². The SMILES string of the molecule is O=C1C(C2C(=O)c3cc4ccccc4cc3C2=O)=Nc2ccccc21. The molecule has 2 aliphatic rings. The lowest BCUT2D eigenvalue weighted by molar-refractivity contribution is 0.0871. The fourth-order valence-electron chi connectivity index (χ4n) is 3.60. The Morgan fingerprint density at radius 2 is 1.24 bits per heavy atom. The summed E-state index contributed by atoms with van der Waals surface area (Å²) in [7, 11) is 0. The summed E-state index contributed by atoms with van der Waals surface area (Å²) in [4.78, 5) is 42.7. The van der Waals surface area contributed by atoms with Crippen molar-refractivity contribution >= 4 is 39.5 Å². The third kappa shape index (κ3) is 1.82. The molecule has 0 saturated heterocycles. The van der Waals surface area contributed by atoms with Crippen molar-refractivity contribution in [3.63, 3.8) is 0 Å². The molecule has 4 heteroatoms. The first kappa shape index (κ1) is 14.0. The number of hydrogen-bond donors (Lipinski definition) is 0. The number of nitrogens with zero attached hydrogens (tertiary/aromatic N) is 1. The first-order chi connectivity index (χ1) is 12.1. The van der Waals surface area contributed by atoms with Gasteiger partial charge < -0.3 is 0 Å². The molecule has 3 aromatic carbocycles. The van der Waals surface area contributed by atoms with E-state index in [-0.39, 0.29) is 23.1 Å². The van der Waals surface area contributed by atoms with Crippen LogP contribution in [-0.4, -0.2) is 23.1 Å². The molecule has 1 heterocycles. The highest BCUT2D eigenvalue weighted by atomic mass is 16.2. The highest BCUT2D eigenvalue weighted by molar-refractivity contribution is 6.58. The van der Waals surface area contributed by atoms with Gasteiger partial charge in [0.05, 0.1) is 5.69 Å². The van der Waals surface area contributed by atoms with Crippen LogP contribution >= 0.6 is 0 Å². The second kappa shape index (κ2) is 4.80. The number of ketones is 3. The number of aliphatic imine (C=N–C) groups is 1. The molecule has 0 bridgehead atoms. The van der Waals surface area contributed by atoms with Gasteiger partial charge in [-0.1, -0.05) is 36.4 Å². The number of Topliss-reactive ketones (excluding diaryl/α,β-unsaturated/α-hetero) is 3. The van der Waals surface area contributed by atoms with Crippen LogP contribution in [-0.2, 0) is 0 Å². The smallest absolute Gasteiger partial charge is 0.210 e. The zero-order valence-corrected chi connectivity index (χ0v) is 13.0. The van der Waals surface area contributed by atoms with Crippen molar-refractivity contribution < 1.29 is 14.4 Å². The van der Waals surface area contributed by atoms with Gasteiger partial charge in [0.1, 0.15) is 11.6 Å². The van der Waals surface area contributed by atoms with Crippen molar-refractivity contribution in [3.05, 3.63) is 77.4 Å². The summed E-state index contributed by atoms with van der Waals surface area (Å²) in [6.07, 6.45) is 0. The van der Waals surface area contributed by atoms with Gasteiger partial charge in [-0.15, -0.1) is 0 Å². The van der Waals surface area contributed by atoms with Crippen LogP contribution in [0.25, 0.3) is 10.8 Å². The molecule has 118 valence electrons. The summed E-state index contributed by atoms with van der Waals surface area (Å²) in [5, 5.41) is 1.79. The molecule has 0 saturated carbocycles.